The first-order chi connectivity index (χ1) is 11.6. The molecule has 2 aromatic carbocycles. The van der Waals surface area contributed by atoms with Crippen molar-refractivity contribution in [2.45, 2.75) is 0 Å². The van der Waals surface area contributed by atoms with Gasteiger partial charge < -0.3 is 4.42 Å². The second-order valence-electron chi connectivity index (χ2n) is 5.17. The third kappa shape index (κ3) is 2.40. The number of hydrogen-bond donors (Lipinski definition) is 0. The number of benzene rings is 2. The van der Waals surface area contributed by atoms with Gasteiger partial charge in [-0.1, -0.05) is 35.3 Å². The number of fused-ring (bicyclic) bond motifs is 1. The fourth-order valence-electron chi connectivity index (χ4n) is 2.58. The summed E-state index contributed by atoms with van der Waals surface area (Å²) in [5, 5.41) is 1.36. The maximum atomic E-state index is 13.1. The lowest BCUT2D eigenvalue weighted by molar-refractivity contribution is 0.574. The van der Waals surface area contributed by atoms with Gasteiger partial charge in [0.05, 0.1) is 27.9 Å². The maximum absolute atomic E-state index is 13.1. The average Bonchev–Trinajstić information content (AvgIpc) is 3.12. The molecular formula is C18H10Cl2N2O2. The number of nitrogens with zero attached hydrogens (tertiary/aromatic N) is 2. The molecule has 4 rings (SSSR count). The Bertz CT molecular complexity index is 1100. The lowest BCUT2D eigenvalue weighted by Gasteiger charge is -2.13. The number of rotatable bonds is 2. The quantitative estimate of drug-likeness (QED) is 0.510. The van der Waals surface area contributed by atoms with Gasteiger partial charge in [-0.15, -0.1) is 0 Å². The molecule has 2 heterocycles. The van der Waals surface area contributed by atoms with E-state index in [9.17, 15) is 4.79 Å². The number of para-hydroxylation sites is 1. The Balaban J connectivity index is 2.17. The van der Waals surface area contributed by atoms with Gasteiger partial charge in [-0.25, -0.2) is 4.98 Å². The molecule has 0 bridgehead atoms. The number of halogens is 2. The monoisotopic (exact) mass is 356 g/mol. The normalized spacial score (nSPS) is 11.1. The molecule has 0 fully saturated rings. The first-order valence-corrected chi connectivity index (χ1v) is 7.92. The molecule has 2 aromatic heterocycles. The van der Waals surface area contributed by atoms with E-state index in [0.29, 0.717) is 38.2 Å². The van der Waals surface area contributed by atoms with Crippen LogP contribution in [0.2, 0.25) is 10.0 Å². The van der Waals surface area contributed by atoms with Crippen molar-refractivity contribution in [1.82, 2.24) is 9.55 Å². The predicted octanol–water partition coefficient (Wildman–Crippen LogP) is 4.95. The Morgan fingerprint density at radius 3 is 2.62 bits per heavy atom. The maximum Gasteiger partial charge on any atom is 0.266 e. The van der Waals surface area contributed by atoms with Crippen LogP contribution in [0.3, 0.4) is 0 Å². The number of hydrogen-bond acceptors (Lipinski definition) is 3. The molecule has 0 atom stereocenters. The minimum absolute atomic E-state index is 0.240. The van der Waals surface area contributed by atoms with Crippen LogP contribution in [0.25, 0.3) is 28.2 Å². The van der Waals surface area contributed by atoms with Crippen LogP contribution in [0, 0.1) is 0 Å². The molecule has 24 heavy (non-hydrogen) atoms. The Morgan fingerprint density at radius 1 is 1.00 bits per heavy atom. The molecule has 4 aromatic rings. The Labute approximate surface area is 146 Å². The summed E-state index contributed by atoms with van der Waals surface area (Å²) in [6, 6.07) is 15.6. The topological polar surface area (TPSA) is 48.0 Å². The molecule has 0 saturated carbocycles. The minimum atomic E-state index is -0.240. The average molecular weight is 357 g/mol. The summed E-state index contributed by atoms with van der Waals surface area (Å²) < 4.78 is 6.88. The first-order valence-electron chi connectivity index (χ1n) is 7.16. The van der Waals surface area contributed by atoms with Crippen LogP contribution in [-0.2, 0) is 0 Å². The Kier molecular flexibility index (Phi) is 3.63. The van der Waals surface area contributed by atoms with Gasteiger partial charge in [0.2, 0.25) is 0 Å². The van der Waals surface area contributed by atoms with Gasteiger partial charge >= 0.3 is 0 Å². The van der Waals surface area contributed by atoms with Gasteiger partial charge in [0.1, 0.15) is 0 Å². The van der Waals surface area contributed by atoms with E-state index in [1.807, 2.05) is 6.07 Å². The van der Waals surface area contributed by atoms with Crippen LogP contribution < -0.4 is 5.56 Å². The fraction of sp³-hybridized carbons (Fsp3) is 0. The molecule has 0 unspecified atom stereocenters. The van der Waals surface area contributed by atoms with Crippen molar-refractivity contribution in [2.24, 2.45) is 0 Å². The third-order valence-electron chi connectivity index (χ3n) is 3.67. The van der Waals surface area contributed by atoms with E-state index in [0.717, 1.165) is 0 Å². The van der Waals surface area contributed by atoms with Crippen molar-refractivity contribution in [3.8, 4) is 17.3 Å². The minimum Gasteiger partial charge on any atom is -0.461 e. The van der Waals surface area contributed by atoms with E-state index < -0.39 is 0 Å². The molecule has 0 radical (unpaired) electrons. The molecule has 4 nitrogen and oxygen atoms in total. The highest BCUT2D eigenvalue weighted by atomic mass is 35.5. The van der Waals surface area contributed by atoms with Gasteiger partial charge in [0.25, 0.3) is 5.56 Å². The standard InChI is InChI=1S/C18H10Cl2N2O2/c19-11-7-8-13(20)15(10-11)22-17(16-6-3-9-24-16)21-14-5-2-1-4-12(14)18(22)23/h1-10H. The highest BCUT2D eigenvalue weighted by molar-refractivity contribution is 6.34. The fourth-order valence-corrected chi connectivity index (χ4v) is 2.95. The molecule has 0 aliphatic heterocycles. The summed E-state index contributed by atoms with van der Waals surface area (Å²) in [6.07, 6.45) is 1.53. The highest BCUT2D eigenvalue weighted by Crippen LogP contribution is 2.28. The van der Waals surface area contributed by atoms with Gasteiger partial charge in [-0.05, 0) is 42.5 Å². The van der Waals surface area contributed by atoms with E-state index in [2.05, 4.69) is 4.98 Å². The van der Waals surface area contributed by atoms with Gasteiger partial charge in [-0.3, -0.25) is 9.36 Å². The molecule has 0 aliphatic rings. The lowest BCUT2D eigenvalue weighted by Crippen LogP contribution is -2.22. The Hall–Kier alpha value is -2.56. The molecule has 6 heteroatoms. The first kappa shape index (κ1) is 15.0. The summed E-state index contributed by atoms with van der Waals surface area (Å²) in [5.41, 5.74) is 0.804. The molecule has 118 valence electrons. The summed E-state index contributed by atoms with van der Waals surface area (Å²) in [7, 11) is 0. The molecule has 0 spiro atoms. The molecule has 0 saturated heterocycles. The lowest BCUT2D eigenvalue weighted by atomic mass is 10.2. The van der Waals surface area contributed by atoms with Crippen molar-refractivity contribution in [3.63, 3.8) is 0 Å². The SMILES string of the molecule is O=c1c2ccccc2nc(-c2ccco2)n1-c1cc(Cl)ccc1Cl. The molecular weight excluding hydrogens is 347 g/mol. The largest absolute Gasteiger partial charge is 0.461 e. The van der Waals surface area contributed by atoms with E-state index in [-0.39, 0.29) is 5.56 Å². The van der Waals surface area contributed by atoms with Gasteiger partial charge in [-0.2, -0.15) is 0 Å². The van der Waals surface area contributed by atoms with E-state index in [4.69, 9.17) is 27.6 Å². The van der Waals surface area contributed by atoms with Crippen molar-refractivity contribution in [3.05, 3.63) is 81.3 Å². The van der Waals surface area contributed by atoms with E-state index in [1.165, 1.54) is 10.8 Å². The second kappa shape index (κ2) is 5.82. The number of furan rings is 1. The summed E-state index contributed by atoms with van der Waals surface area (Å²) >= 11 is 12.4. The van der Waals surface area contributed by atoms with E-state index >= 15 is 0 Å². The van der Waals surface area contributed by atoms with Crippen molar-refractivity contribution >= 4 is 34.1 Å². The van der Waals surface area contributed by atoms with Crippen LogP contribution >= 0.6 is 23.2 Å². The zero-order valence-corrected chi connectivity index (χ0v) is 13.8. The third-order valence-corrected chi connectivity index (χ3v) is 4.22. The number of aromatic nitrogens is 2. The van der Waals surface area contributed by atoms with Crippen LogP contribution in [0.4, 0.5) is 0 Å². The van der Waals surface area contributed by atoms with Crippen LogP contribution in [0.5, 0.6) is 0 Å². The van der Waals surface area contributed by atoms with Crippen LogP contribution in [-0.4, -0.2) is 9.55 Å². The van der Waals surface area contributed by atoms with Gasteiger partial charge in [0, 0.05) is 5.02 Å². The smallest absolute Gasteiger partial charge is 0.266 e. The zero-order chi connectivity index (χ0) is 16.7. The van der Waals surface area contributed by atoms with E-state index in [1.54, 1.807) is 48.5 Å². The van der Waals surface area contributed by atoms with Crippen molar-refractivity contribution in [1.29, 1.82) is 0 Å². The Morgan fingerprint density at radius 2 is 1.83 bits per heavy atom. The zero-order valence-electron chi connectivity index (χ0n) is 12.2. The van der Waals surface area contributed by atoms with Crippen LogP contribution in [0.15, 0.2) is 70.1 Å². The highest BCUT2D eigenvalue weighted by Gasteiger charge is 2.18. The van der Waals surface area contributed by atoms with Crippen molar-refractivity contribution in [2.75, 3.05) is 0 Å². The molecule has 0 amide bonds. The molecule has 0 aliphatic carbocycles. The predicted molar refractivity (Wildman–Crippen MR) is 95.1 cm³/mol. The van der Waals surface area contributed by atoms with Crippen molar-refractivity contribution < 1.29 is 4.42 Å². The van der Waals surface area contributed by atoms with Gasteiger partial charge in [0.15, 0.2) is 11.6 Å². The summed E-state index contributed by atoms with van der Waals surface area (Å²) in [4.78, 5) is 17.7. The summed E-state index contributed by atoms with van der Waals surface area (Å²) in [5.74, 6) is 0.835. The van der Waals surface area contributed by atoms with Crippen LogP contribution in [0.1, 0.15) is 0 Å². The summed E-state index contributed by atoms with van der Waals surface area (Å²) in [6.45, 7) is 0. The second-order valence-corrected chi connectivity index (χ2v) is 6.01. The molecule has 0 N–H and O–H groups in total.